The number of carbonyl (C=O) groups is 2. The lowest BCUT2D eigenvalue weighted by Crippen LogP contribution is -2.38. The van der Waals surface area contributed by atoms with Crippen LogP contribution in [0.15, 0.2) is 22.8 Å². The van der Waals surface area contributed by atoms with Gasteiger partial charge in [0.2, 0.25) is 5.91 Å². The Kier molecular flexibility index (Phi) is 5.04. The molecule has 116 valence electrons. The van der Waals surface area contributed by atoms with Crippen LogP contribution in [0.5, 0.6) is 0 Å². The molecule has 1 unspecified atom stereocenters. The van der Waals surface area contributed by atoms with Gasteiger partial charge in [-0.25, -0.2) is 0 Å². The van der Waals surface area contributed by atoms with Gasteiger partial charge in [-0.05, 0) is 31.9 Å². The fourth-order valence-electron chi connectivity index (χ4n) is 3.08. The molecule has 1 heterocycles. The van der Waals surface area contributed by atoms with Gasteiger partial charge in [0.1, 0.15) is 5.76 Å². The zero-order chi connectivity index (χ0) is 15.3. The highest BCUT2D eigenvalue weighted by Crippen LogP contribution is 2.38. The van der Waals surface area contributed by atoms with E-state index in [1.54, 1.807) is 18.4 Å². The van der Waals surface area contributed by atoms with Crippen LogP contribution in [0, 0.1) is 5.41 Å². The third kappa shape index (κ3) is 3.86. The minimum absolute atomic E-state index is 0.0490. The summed E-state index contributed by atoms with van der Waals surface area (Å²) in [7, 11) is 0. The molecule has 1 aromatic rings. The number of hydrogen-bond donors (Lipinski definition) is 2. The third-order valence-electron chi connectivity index (χ3n) is 4.36. The maximum absolute atomic E-state index is 12.2. The SMILES string of the molecule is CC(NC(=O)CC1(C(=O)O)CCCCCC1)c1ccco1. The zero-order valence-corrected chi connectivity index (χ0v) is 12.4. The first-order valence-corrected chi connectivity index (χ1v) is 7.60. The molecule has 1 atom stereocenters. The monoisotopic (exact) mass is 293 g/mol. The van der Waals surface area contributed by atoms with E-state index in [1.807, 2.05) is 6.92 Å². The number of rotatable bonds is 5. The number of carbonyl (C=O) groups excluding carboxylic acids is 1. The van der Waals surface area contributed by atoms with E-state index in [-0.39, 0.29) is 18.4 Å². The van der Waals surface area contributed by atoms with Crippen LogP contribution in [0.25, 0.3) is 0 Å². The maximum atomic E-state index is 12.2. The second-order valence-electron chi connectivity index (χ2n) is 5.98. The summed E-state index contributed by atoms with van der Waals surface area (Å²) in [4.78, 5) is 23.9. The molecule has 1 amide bonds. The summed E-state index contributed by atoms with van der Waals surface area (Å²) < 4.78 is 5.25. The van der Waals surface area contributed by atoms with E-state index in [2.05, 4.69) is 5.32 Å². The first-order valence-electron chi connectivity index (χ1n) is 7.60. The summed E-state index contributed by atoms with van der Waals surface area (Å²) in [5.74, 6) is -0.387. The van der Waals surface area contributed by atoms with Crippen LogP contribution < -0.4 is 5.32 Å². The molecule has 2 N–H and O–H groups in total. The molecular weight excluding hydrogens is 270 g/mol. The quantitative estimate of drug-likeness (QED) is 0.816. The third-order valence-corrected chi connectivity index (χ3v) is 4.36. The standard InChI is InChI=1S/C16H23NO4/c1-12(13-7-6-10-21-13)17-14(18)11-16(15(19)20)8-4-2-3-5-9-16/h6-7,10,12H,2-5,8-9,11H2,1H3,(H,17,18)(H,19,20). The minimum atomic E-state index is -0.899. The second kappa shape index (κ2) is 6.78. The maximum Gasteiger partial charge on any atom is 0.310 e. The Morgan fingerprint density at radius 1 is 1.33 bits per heavy atom. The highest BCUT2D eigenvalue weighted by molar-refractivity contribution is 5.85. The van der Waals surface area contributed by atoms with Crippen molar-refractivity contribution in [2.45, 2.75) is 57.9 Å². The van der Waals surface area contributed by atoms with Gasteiger partial charge in [-0.3, -0.25) is 9.59 Å². The molecule has 0 saturated heterocycles. The van der Waals surface area contributed by atoms with Crippen molar-refractivity contribution in [2.75, 3.05) is 0 Å². The smallest absolute Gasteiger partial charge is 0.310 e. The minimum Gasteiger partial charge on any atom is -0.481 e. The molecule has 5 nitrogen and oxygen atoms in total. The highest BCUT2D eigenvalue weighted by Gasteiger charge is 2.40. The molecule has 0 bridgehead atoms. The van der Waals surface area contributed by atoms with Crippen LogP contribution in [0.4, 0.5) is 0 Å². The van der Waals surface area contributed by atoms with Crippen LogP contribution in [-0.2, 0) is 9.59 Å². The van der Waals surface area contributed by atoms with Crippen LogP contribution >= 0.6 is 0 Å². The second-order valence-corrected chi connectivity index (χ2v) is 5.98. The van der Waals surface area contributed by atoms with Crippen LogP contribution in [0.1, 0.15) is 63.7 Å². The summed E-state index contributed by atoms with van der Waals surface area (Å²) in [5, 5.41) is 12.4. The molecule has 5 heteroatoms. The van der Waals surface area contributed by atoms with Crippen molar-refractivity contribution >= 4 is 11.9 Å². The number of furan rings is 1. The molecule has 1 aliphatic rings. The van der Waals surface area contributed by atoms with E-state index in [0.29, 0.717) is 18.6 Å². The Balaban J connectivity index is 1.99. The van der Waals surface area contributed by atoms with Gasteiger partial charge in [0, 0.05) is 6.42 Å². The topological polar surface area (TPSA) is 79.5 Å². The first kappa shape index (κ1) is 15.6. The molecule has 0 radical (unpaired) electrons. The number of nitrogens with one attached hydrogen (secondary N) is 1. The normalized spacial score (nSPS) is 19.5. The number of aliphatic carboxylic acids is 1. The summed E-state index contributed by atoms with van der Waals surface area (Å²) in [6, 6.07) is 3.31. The van der Waals surface area contributed by atoms with E-state index in [4.69, 9.17) is 4.42 Å². The molecule has 0 aromatic carbocycles. The fourth-order valence-corrected chi connectivity index (χ4v) is 3.08. The van der Waals surface area contributed by atoms with Crippen molar-refractivity contribution in [2.24, 2.45) is 5.41 Å². The summed E-state index contributed by atoms with van der Waals surface area (Å²) in [6.07, 6.45) is 6.66. The van der Waals surface area contributed by atoms with Gasteiger partial charge < -0.3 is 14.8 Å². The van der Waals surface area contributed by atoms with Crippen molar-refractivity contribution in [1.29, 1.82) is 0 Å². The average molecular weight is 293 g/mol. The van der Waals surface area contributed by atoms with Gasteiger partial charge in [-0.1, -0.05) is 25.7 Å². The number of carboxylic acids is 1. The first-order chi connectivity index (χ1) is 10.0. The van der Waals surface area contributed by atoms with Crippen LogP contribution in [-0.4, -0.2) is 17.0 Å². The summed E-state index contributed by atoms with van der Waals surface area (Å²) in [5.41, 5.74) is -0.899. The van der Waals surface area contributed by atoms with Gasteiger partial charge in [-0.2, -0.15) is 0 Å². The van der Waals surface area contributed by atoms with Gasteiger partial charge in [0.25, 0.3) is 0 Å². The predicted octanol–water partition coefficient (Wildman–Crippen LogP) is 3.27. The lowest BCUT2D eigenvalue weighted by atomic mass is 9.77. The van der Waals surface area contributed by atoms with Gasteiger partial charge >= 0.3 is 5.97 Å². The van der Waals surface area contributed by atoms with Gasteiger partial charge in [0.05, 0.1) is 17.7 Å². The van der Waals surface area contributed by atoms with Crippen molar-refractivity contribution < 1.29 is 19.1 Å². The summed E-state index contributed by atoms with van der Waals surface area (Å²) in [6.45, 7) is 1.83. The average Bonchev–Trinajstić information content (AvgIpc) is 2.86. The number of carboxylic acid groups (broad SMARTS) is 1. The van der Waals surface area contributed by atoms with E-state index in [9.17, 15) is 14.7 Å². The predicted molar refractivity (Wildman–Crippen MR) is 77.7 cm³/mol. The van der Waals surface area contributed by atoms with Crippen molar-refractivity contribution in [3.05, 3.63) is 24.2 Å². The molecule has 1 saturated carbocycles. The Hall–Kier alpha value is -1.78. The van der Waals surface area contributed by atoms with Crippen LogP contribution in [0.3, 0.4) is 0 Å². The largest absolute Gasteiger partial charge is 0.481 e. The molecule has 1 fully saturated rings. The van der Waals surface area contributed by atoms with E-state index >= 15 is 0 Å². The molecule has 0 spiro atoms. The highest BCUT2D eigenvalue weighted by atomic mass is 16.4. The van der Waals surface area contributed by atoms with Crippen LogP contribution in [0.2, 0.25) is 0 Å². The molecule has 2 rings (SSSR count). The Labute approximate surface area is 124 Å². The van der Waals surface area contributed by atoms with Crippen molar-refractivity contribution in [1.82, 2.24) is 5.32 Å². The Morgan fingerprint density at radius 3 is 2.52 bits per heavy atom. The Morgan fingerprint density at radius 2 is 2.00 bits per heavy atom. The molecule has 0 aliphatic heterocycles. The number of amides is 1. The fraction of sp³-hybridized carbons (Fsp3) is 0.625. The molecular formula is C16H23NO4. The zero-order valence-electron chi connectivity index (χ0n) is 12.4. The van der Waals surface area contributed by atoms with Gasteiger partial charge in [0.15, 0.2) is 0 Å². The van der Waals surface area contributed by atoms with E-state index in [0.717, 1.165) is 25.7 Å². The summed E-state index contributed by atoms with van der Waals surface area (Å²) >= 11 is 0. The molecule has 1 aliphatic carbocycles. The Bertz CT molecular complexity index is 472. The van der Waals surface area contributed by atoms with Crippen molar-refractivity contribution in [3.63, 3.8) is 0 Å². The van der Waals surface area contributed by atoms with Gasteiger partial charge in [-0.15, -0.1) is 0 Å². The lowest BCUT2D eigenvalue weighted by molar-refractivity contribution is -0.153. The van der Waals surface area contributed by atoms with E-state index < -0.39 is 11.4 Å². The molecule has 1 aromatic heterocycles. The lowest BCUT2D eigenvalue weighted by Gasteiger charge is -2.27. The molecule has 21 heavy (non-hydrogen) atoms. The van der Waals surface area contributed by atoms with Crippen molar-refractivity contribution in [3.8, 4) is 0 Å². The number of hydrogen-bond acceptors (Lipinski definition) is 3. The van der Waals surface area contributed by atoms with E-state index in [1.165, 1.54) is 0 Å².